The second-order valence-electron chi connectivity index (χ2n) is 15.0. The number of halogens is 2. The van der Waals surface area contributed by atoms with E-state index >= 15 is 8.78 Å². The third-order valence-corrected chi connectivity index (χ3v) is 11.9. The maximum Gasteiger partial charge on any atom is 0.320 e. The number of carbonyl (C=O) groups is 2. The highest BCUT2D eigenvalue weighted by atomic mass is 19.1. The van der Waals surface area contributed by atoms with Crippen molar-refractivity contribution in [2.75, 3.05) is 26.2 Å². The number of nitrogens with zero attached hydrogens (tertiary/aromatic N) is 3. The van der Waals surface area contributed by atoms with Crippen molar-refractivity contribution in [1.82, 2.24) is 36.0 Å². The number of piperazine rings is 1. The molecule has 1 aliphatic carbocycles. The number of piperidine rings is 2. The fraction of sp³-hybridized carbons (Fsp3) is 0.824. The van der Waals surface area contributed by atoms with Crippen LogP contribution in [0.3, 0.4) is 0 Å². The van der Waals surface area contributed by atoms with E-state index in [-0.39, 0.29) is 66.2 Å². The molecule has 2 bridgehead atoms. The topological polar surface area (TPSA) is 92.0 Å². The first kappa shape index (κ1) is 32.7. The fourth-order valence-electron chi connectivity index (χ4n) is 10.0. The molecule has 5 aliphatic heterocycles. The third kappa shape index (κ3) is 6.13. The predicted octanol–water partition coefficient (Wildman–Crippen LogP) is 3.35. The first-order chi connectivity index (χ1) is 21.6. The molecule has 13 atom stereocenters. The summed E-state index contributed by atoms with van der Waals surface area (Å²) in [6.45, 7) is 14.8. The van der Waals surface area contributed by atoms with Gasteiger partial charge in [0.2, 0.25) is 5.91 Å². The number of alkyl halides is 2. The molecule has 9 nitrogen and oxygen atoms in total. The van der Waals surface area contributed by atoms with Gasteiger partial charge in [0.05, 0.1) is 18.4 Å². The fourth-order valence-corrected chi connectivity index (χ4v) is 10.0. The summed E-state index contributed by atoms with van der Waals surface area (Å²) in [7, 11) is 0. The Morgan fingerprint density at radius 3 is 2.53 bits per heavy atom. The first-order valence-corrected chi connectivity index (χ1v) is 17.5. The van der Waals surface area contributed by atoms with Gasteiger partial charge in [-0.1, -0.05) is 32.9 Å². The van der Waals surface area contributed by atoms with Crippen molar-refractivity contribution in [2.24, 2.45) is 29.6 Å². The summed E-state index contributed by atoms with van der Waals surface area (Å²) in [4.78, 5) is 33.3. The molecule has 0 aromatic heterocycles. The molecular formula is C34H55F2N7O2. The molecule has 6 rings (SSSR count). The van der Waals surface area contributed by atoms with Crippen LogP contribution >= 0.6 is 0 Å². The number of nitrogens with one attached hydrogen (secondary N) is 4. The van der Waals surface area contributed by atoms with Gasteiger partial charge in [-0.05, 0) is 82.5 Å². The average Bonchev–Trinajstić information content (AvgIpc) is 3.01. The van der Waals surface area contributed by atoms with Crippen molar-refractivity contribution in [3.8, 4) is 0 Å². The van der Waals surface area contributed by atoms with Gasteiger partial charge in [-0.3, -0.25) is 15.0 Å². The van der Waals surface area contributed by atoms with Crippen LogP contribution in [0.1, 0.15) is 66.2 Å². The molecule has 3 amide bonds. The maximum absolute atomic E-state index is 16.7. The number of allylic oxidation sites excluding steroid dienone is 1. The summed E-state index contributed by atoms with van der Waals surface area (Å²) in [5.74, 6) is -0.286. The summed E-state index contributed by atoms with van der Waals surface area (Å²) < 4.78 is 32.5. The standard InChI is InChI=1S/C34H55F2N7O2/c1-6-27(44)42-20(4)17-41(18-21(42)5)32-24-15-26(36)30-28-23(9-7-11-25(28)35)16-37-13-8-10-22-12-14-38-29(19(2)3)31(22)43(33(24)39-30)34(45)40-32/h6,8,13,19-26,28-33,37-39H,1,7,9-12,14-18H2,2-5H3,(H,40,45)/b13-8+. The molecular weight excluding hydrogens is 576 g/mol. The molecule has 0 radical (unpaired) electrons. The number of carbonyl (C=O) groups excluding carboxylic acids is 2. The van der Waals surface area contributed by atoms with Crippen LogP contribution in [-0.2, 0) is 4.79 Å². The number of rotatable bonds is 3. The predicted molar refractivity (Wildman–Crippen MR) is 171 cm³/mol. The number of amides is 3. The Kier molecular flexibility index (Phi) is 9.79. The lowest BCUT2D eigenvalue weighted by molar-refractivity contribution is -0.137. The molecule has 0 aromatic carbocycles. The van der Waals surface area contributed by atoms with Gasteiger partial charge in [-0.25, -0.2) is 13.6 Å². The Morgan fingerprint density at radius 2 is 1.82 bits per heavy atom. The van der Waals surface area contributed by atoms with E-state index in [9.17, 15) is 9.59 Å². The van der Waals surface area contributed by atoms with Gasteiger partial charge in [-0.15, -0.1) is 0 Å². The summed E-state index contributed by atoms with van der Waals surface area (Å²) in [6.07, 6.45) is 6.52. The minimum Gasteiger partial charge on any atom is -0.391 e. The molecule has 45 heavy (non-hydrogen) atoms. The van der Waals surface area contributed by atoms with E-state index in [1.165, 1.54) is 6.08 Å². The van der Waals surface area contributed by atoms with E-state index in [1.54, 1.807) is 0 Å². The van der Waals surface area contributed by atoms with Gasteiger partial charge in [0, 0.05) is 55.6 Å². The molecule has 0 aromatic rings. The van der Waals surface area contributed by atoms with E-state index in [2.05, 4.69) is 52.7 Å². The lowest BCUT2D eigenvalue weighted by atomic mass is 9.69. The summed E-state index contributed by atoms with van der Waals surface area (Å²) in [6, 6.07) is -1.03. The molecule has 252 valence electrons. The average molecular weight is 632 g/mol. The van der Waals surface area contributed by atoms with Crippen molar-refractivity contribution in [3.05, 3.63) is 24.9 Å². The largest absolute Gasteiger partial charge is 0.391 e. The Labute approximate surface area is 268 Å². The van der Waals surface area contributed by atoms with E-state index in [4.69, 9.17) is 0 Å². The van der Waals surface area contributed by atoms with Crippen LogP contribution in [0.2, 0.25) is 0 Å². The number of hydrogen-bond acceptors (Lipinski definition) is 6. The zero-order valence-electron chi connectivity index (χ0n) is 27.5. The van der Waals surface area contributed by atoms with Crippen LogP contribution in [0, 0.1) is 29.6 Å². The van der Waals surface area contributed by atoms with E-state index in [1.807, 2.05) is 29.8 Å². The monoisotopic (exact) mass is 631 g/mol. The van der Waals surface area contributed by atoms with Crippen LogP contribution in [0.4, 0.5) is 13.6 Å². The zero-order chi connectivity index (χ0) is 32.0. The second kappa shape index (κ2) is 13.5. The van der Waals surface area contributed by atoms with Crippen molar-refractivity contribution in [1.29, 1.82) is 0 Å². The minimum atomic E-state index is -1.24. The van der Waals surface area contributed by atoms with Crippen molar-refractivity contribution in [2.45, 2.75) is 121 Å². The van der Waals surface area contributed by atoms with E-state index in [0.717, 1.165) is 32.2 Å². The molecule has 1 saturated carbocycles. The molecule has 0 spiro atoms. The van der Waals surface area contributed by atoms with E-state index < -0.39 is 36.6 Å². The van der Waals surface area contributed by atoms with Crippen molar-refractivity contribution < 1.29 is 18.4 Å². The number of urea groups is 1. The Morgan fingerprint density at radius 1 is 1.07 bits per heavy atom. The Hall–Kier alpha value is -2.24. The van der Waals surface area contributed by atoms with Gasteiger partial charge >= 0.3 is 6.03 Å². The highest BCUT2D eigenvalue weighted by Gasteiger charge is 2.57. The molecule has 5 heterocycles. The number of fused-ring (bicyclic) bond motifs is 5. The zero-order valence-corrected chi connectivity index (χ0v) is 27.5. The summed E-state index contributed by atoms with van der Waals surface area (Å²) >= 11 is 0. The van der Waals surface area contributed by atoms with Gasteiger partial charge in [-0.2, -0.15) is 0 Å². The molecule has 4 saturated heterocycles. The van der Waals surface area contributed by atoms with Gasteiger partial charge in [0.15, 0.2) is 0 Å². The molecule has 4 N–H and O–H groups in total. The summed E-state index contributed by atoms with van der Waals surface area (Å²) in [5.41, 5.74) is 0. The van der Waals surface area contributed by atoms with Gasteiger partial charge in [0.25, 0.3) is 0 Å². The second-order valence-corrected chi connectivity index (χ2v) is 15.0. The number of hydrogen-bond donors (Lipinski definition) is 4. The highest BCUT2D eigenvalue weighted by molar-refractivity contribution is 5.87. The Balaban J connectivity index is 1.39. The quantitative estimate of drug-likeness (QED) is 0.358. The lowest BCUT2D eigenvalue weighted by Crippen LogP contribution is -2.80. The third-order valence-electron chi connectivity index (χ3n) is 11.9. The first-order valence-electron chi connectivity index (χ1n) is 17.5. The van der Waals surface area contributed by atoms with Crippen LogP contribution in [-0.4, -0.2) is 108 Å². The maximum atomic E-state index is 16.7. The van der Waals surface area contributed by atoms with Crippen LogP contribution in [0.15, 0.2) is 24.9 Å². The van der Waals surface area contributed by atoms with Crippen molar-refractivity contribution >= 4 is 11.9 Å². The minimum absolute atomic E-state index is 0.0117. The molecule has 13 unspecified atom stereocenters. The van der Waals surface area contributed by atoms with Crippen LogP contribution in [0.5, 0.6) is 0 Å². The normalized spacial score (nSPS) is 45.0. The summed E-state index contributed by atoms with van der Waals surface area (Å²) in [5, 5.41) is 14.2. The van der Waals surface area contributed by atoms with Crippen LogP contribution in [0.25, 0.3) is 0 Å². The smallest absolute Gasteiger partial charge is 0.320 e. The van der Waals surface area contributed by atoms with Crippen LogP contribution < -0.4 is 21.3 Å². The highest BCUT2D eigenvalue weighted by Crippen LogP contribution is 2.44. The van der Waals surface area contributed by atoms with Crippen molar-refractivity contribution in [3.63, 3.8) is 0 Å². The molecule has 6 aliphatic rings. The molecule has 5 fully saturated rings. The Bertz CT molecular complexity index is 1110. The molecule has 11 heteroatoms. The SMILES string of the molecule is C=CC(=O)N1C(C)CN(C2NC(=O)N3C4NC(C(F)CC24)C2C(F)CCCC2CN/C=C/CC2CCNC(C(C)C)C23)CC1C. The lowest BCUT2D eigenvalue weighted by Gasteiger charge is -2.60. The van der Waals surface area contributed by atoms with E-state index in [0.29, 0.717) is 26.1 Å². The van der Waals surface area contributed by atoms with Gasteiger partial charge in [0.1, 0.15) is 12.3 Å². The van der Waals surface area contributed by atoms with Gasteiger partial charge < -0.3 is 25.8 Å².